The quantitative estimate of drug-likeness (QED) is 0.386. The zero-order chi connectivity index (χ0) is 22.5. The van der Waals surface area contributed by atoms with E-state index in [0.717, 1.165) is 0 Å². The topological polar surface area (TPSA) is 83.7 Å². The number of thiazole rings is 1. The van der Waals surface area contributed by atoms with Gasteiger partial charge in [0, 0.05) is 37.1 Å². The van der Waals surface area contributed by atoms with Crippen molar-refractivity contribution in [3.63, 3.8) is 0 Å². The van der Waals surface area contributed by atoms with E-state index in [-0.39, 0.29) is 35.6 Å². The van der Waals surface area contributed by atoms with Crippen LogP contribution in [-0.2, 0) is 11.2 Å². The number of amides is 2. The molecule has 2 aromatic heterocycles. The van der Waals surface area contributed by atoms with Crippen LogP contribution in [0, 0.1) is 5.82 Å². The lowest BCUT2D eigenvalue weighted by molar-refractivity contribution is -0.132. The van der Waals surface area contributed by atoms with E-state index in [2.05, 4.69) is 4.98 Å². The summed E-state index contributed by atoms with van der Waals surface area (Å²) < 4.78 is 18.8. The summed E-state index contributed by atoms with van der Waals surface area (Å²) in [6.07, 6.45) is 1.64. The molecule has 1 saturated heterocycles. The van der Waals surface area contributed by atoms with Gasteiger partial charge < -0.3 is 14.2 Å². The number of hydrogen-bond donors (Lipinski definition) is 0. The van der Waals surface area contributed by atoms with Gasteiger partial charge in [0.1, 0.15) is 5.82 Å². The molecule has 0 bridgehead atoms. The van der Waals surface area contributed by atoms with Crippen LogP contribution in [-0.4, -0.2) is 64.3 Å². The normalized spacial score (nSPS) is 13.9. The van der Waals surface area contributed by atoms with Crippen molar-refractivity contribution in [3.05, 3.63) is 70.9 Å². The van der Waals surface area contributed by atoms with Crippen LogP contribution in [0.2, 0.25) is 0 Å². The summed E-state index contributed by atoms with van der Waals surface area (Å²) in [5, 5.41) is 1.82. The van der Waals surface area contributed by atoms with Gasteiger partial charge in [-0.3, -0.25) is 14.4 Å². The van der Waals surface area contributed by atoms with Gasteiger partial charge in [0.2, 0.25) is 5.91 Å². The molecule has 1 aliphatic rings. The zero-order valence-electron chi connectivity index (χ0n) is 17.0. The lowest BCUT2D eigenvalue weighted by Gasteiger charge is -2.34. The Balaban J connectivity index is 1.24. The van der Waals surface area contributed by atoms with E-state index >= 15 is 0 Å². The van der Waals surface area contributed by atoms with E-state index in [1.807, 2.05) is 5.38 Å². The van der Waals surface area contributed by atoms with Crippen molar-refractivity contribution in [2.45, 2.75) is 10.8 Å². The van der Waals surface area contributed by atoms with Crippen LogP contribution < -0.4 is 0 Å². The second kappa shape index (κ2) is 10.1. The number of thioether (sulfide) groups is 1. The first-order chi connectivity index (χ1) is 15.5. The highest BCUT2D eigenvalue weighted by molar-refractivity contribution is 8.01. The van der Waals surface area contributed by atoms with Gasteiger partial charge in [-0.05, 0) is 36.4 Å². The van der Waals surface area contributed by atoms with Crippen molar-refractivity contribution < 1.29 is 23.2 Å². The predicted octanol–water partition coefficient (Wildman–Crippen LogP) is 3.38. The number of rotatable bonds is 7. The lowest BCUT2D eigenvalue weighted by Crippen LogP contribution is -2.50. The first kappa shape index (κ1) is 22.2. The van der Waals surface area contributed by atoms with Gasteiger partial charge in [-0.2, -0.15) is 0 Å². The highest BCUT2D eigenvalue weighted by Gasteiger charge is 2.26. The highest BCUT2D eigenvalue weighted by atomic mass is 32.2. The van der Waals surface area contributed by atoms with E-state index in [4.69, 9.17) is 4.42 Å². The fraction of sp³-hybridized carbons (Fsp3) is 0.273. The number of carbonyl (C=O) groups excluding carboxylic acids is 3. The summed E-state index contributed by atoms with van der Waals surface area (Å²) in [4.78, 5) is 45.0. The molecule has 32 heavy (non-hydrogen) atoms. The van der Waals surface area contributed by atoms with Gasteiger partial charge >= 0.3 is 0 Å². The molecule has 166 valence electrons. The van der Waals surface area contributed by atoms with Crippen molar-refractivity contribution in [2.24, 2.45) is 0 Å². The van der Waals surface area contributed by atoms with E-state index in [1.54, 1.807) is 21.9 Å². The number of aromatic nitrogens is 1. The largest absolute Gasteiger partial charge is 0.459 e. The van der Waals surface area contributed by atoms with Crippen molar-refractivity contribution in [1.29, 1.82) is 0 Å². The second-order valence-electron chi connectivity index (χ2n) is 7.15. The van der Waals surface area contributed by atoms with Gasteiger partial charge in [-0.1, -0.05) is 11.8 Å². The zero-order valence-corrected chi connectivity index (χ0v) is 18.7. The first-order valence-electron chi connectivity index (χ1n) is 9.96. The van der Waals surface area contributed by atoms with Crippen LogP contribution in [0.5, 0.6) is 0 Å². The number of halogens is 1. The molecule has 0 radical (unpaired) electrons. The third-order valence-corrected chi connectivity index (χ3v) is 7.08. The Morgan fingerprint density at radius 1 is 1.06 bits per heavy atom. The summed E-state index contributed by atoms with van der Waals surface area (Å²) >= 11 is 2.69. The molecule has 0 saturated carbocycles. The van der Waals surface area contributed by atoms with Crippen LogP contribution in [0.15, 0.2) is 56.8 Å². The standard InChI is InChI=1S/C22H20FN3O4S2/c23-16-5-3-15(4-6-16)18(27)14-32-22-24-17(13-31-22)12-20(28)25-7-9-26(10-8-25)21(29)19-2-1-11-30-19/h1-6,11,13H,7-10,12,14H2. The summed E-state index contributed by atoms with van der Waals surface area (Å²) in [6.45, 7) is 1.83. The van der Waals surface area contributed by atoms with Crippen LogP contribution in [0.3, 0.4) is 0 Å². The molecule has 7 nitrogen and oxygen atoms in total. The molecule has 3 heterocycles. The number of carbonyl (C=O) groups is 3. The summed E-state index contributed by atoms with van der Waals surface area (Å²) in [5.74, 6) is -0.204. The van der Waals surface area contributed by atoms with Crippen LogP contribution >= 0.6 is 23.1 Å². The molecular formula is C22H20FN3O4S2. The molecule has 0 unspecified atom stereocenters. The minimum atomic E-state index is -0.381. The summed E-state index contributed by atoms with van der Waals surface area (Å²) in [6, 6.07) is 8.75. The third kappa shape index (κ3) is 5.43. The smallest absolute Gasteiger partial charge is 0.289 e. The molecule has 2 amide bonds. The number of hydrogen-bond acceptors (Lipinski definition) is 7. The Labute approximate surface area is 192 Å². The van der Waals surface area contributed by atoms with E-state index in [1.165, 1.54) is 53.6 Å². The summed E-state index contributed by atoms with van der Waals surface area (Å²) in [7, 11) is 0. The lowest BCUT2D eigenvalue weighted by atomic mass is 10.1. The fourth-order valence-electron chi connectivity index (χ4n) is 3.26. The molecule has 0 atom stereocenters. The Kier molecular flexibility index (Phi) is 7.01. The van der Waals surface area contributed by atoms with Crippen LogP contribution in [0.4, 0.5) is 4.39 Å². The molecule has 3 aromatic rings. The van der Waals surface area contributed by atoms with Crippen molar-refractivity contribution in [2.75, 3.05) is 31.9 Å². The minimum Gasteiger partial charge on any atom is -0.459 e. The maximum Gasteiger partial charge on any atom is 0.289 e. The Morgan fingerprint density at radius 2 is 1.78 bits per heavy atom. The van der Waals surface area contributed by atoms with Gasteiger partial charge in [-0.15, -0.1) is 11.3 Å². The van der Waals surface area contributed by atoms with Gasteiger partial charge in [-0.25, -0.2) is 9.37 Å². The SMILES string of the molecule is O=C(CSc1nc(CC(=O)N2CCN(C(=O)c3ccco3)CC2)cs1)c1ccc(F)cc1. The molecule has 0 spiro atoms. The van der Waals surface area contributed by atoms with Gasteiger partial charge in [0.15, 0.2) is 15.9 Å². The van der Waals surface area contributed by atoms with Crippen LogP contribution in [0.25, 0.3) is 0 Å². The average molecular weight is 474 g/mol. The number of nitrogens with zero attached hydrogens (tertiary/aromatic N) is 3. The fourth-order valence-corrected chi connectivity index (χ4v) is 5.00. The number of piperazine rings is 1. The van der Waals surface area contributed by atoms with E-state index in [9.17, 15) is 18.8 Å². The van der Waals surface area contributed by atoms with Gasteiger partial charge in [0.25, 0.3) is 5.91 Å². The molecule has 1 fully saturated rings. The maximum absolute atomic E-state index is 13.0. The maximum atomic E-state index is 13.0. The molecule has 0 N–H and O–H groups in total. The van der Waals surface area contributed by atoms with Crippen molar-refractivity contribution >= 4 is 40.7 Å². The number of benzene rings is 1. The molecule has 4 rings (SSSR count). The third-order valence-electron chi connectivity index (χ3n) is 5.01. The number of ketones is 1. The Morgan fingerprint density at radius 3 is 2.47 bits per heavy atom. The highest BCUT2D eigenvalue weighted by Crippen LogP contribution is 2.24. The van der Waals surface area contributed by atoms with Gasteiger partial charge in [0.05, 0.1) is 24.1 Å². The number of Topliss-reactive ketones (excluding diaryl/α,β-unsaturated/α-hetero) is 1. The monoisotopic (exact) mass is 473 g/mol. The van der Waals surface area contributed by atoms with Crippen molar-refractivity contribution in [1.82, 2.24) is 14.8 Å². The molecule has 10 heteroatoms. The molecule has 0 aliphatic carbocycles. The minimum absolute atomic E-state index is 0.0423. The van der Waals surface area contributed by atoms with E-state index < -0.39 is 0 Å². The van der Waals surface area contributed by atoms with Crippen molar-refractivity contribution in [3.8, 4) is 0 Å². The number of furan rings is 1. The second-order valence-corrected chi connectivity index (χ2v) is 9.23. The van der Waals surface area contributed by atoms with E-state index in [0.29, 0.717) is 47.5 Å². The Bertz CT molecular complexity index is 1090. The average Bonchev–Trinajstić information content (AvgIpc) is 3.50. The van der Waals surface area contributed by atoms with Crippen LogP contribution in [0.1, 0.15) is 26.6 Å². The first-order valence-corrected chi connectivity index (χ1v) is 11.8. The molecule has 1 aliphatic heterocycles. The Hall–Kier alpha value is -2.98. The predicted molar refractivity (Wildman–Crippen MR) is 118 cm³/mol. The molecule has 1 aromatic carbocycles. The summed E-state index contributed by atoms with van der Waals surface area (Å²) in [5.41, 5.74) is 1.11. The molecular weight excluding hydrogens is 453 g/mol.